The lowest BCUT2D eigenvalue weighted by molar-refractivity contribution is -0.137. The van der Waals surface area contributed by atoms with Crippen molar-refractivity contribution in [1.82, 2.24) is 0 Å². The molecule has 0 aromatic carbocycles. The number of allylic oxidation sites excluding steroid dienone is 1. The first-order chi connectivity index (χ1) is 7.45. The molecule has 16 heavy (non-hydrogen) atoms. The molecule has 0 heterocycles. The lowest BCUT2D eigenvalue weighted by Gasteiger charge is -2.08. The number of rotatable bonds is 8. The number of esters is 1. The molecule has 0 saturated heterocycles. The summed E-state index contributed by atoms with van der Waals surface area (Å²) in [5.41, 5.74) is 0. The average molecular weight is 437 g/mol. The van der Waals surface area contributed by atoms with Crippen LogP contribution in [0, 0.1) is 0 Å². The molecule has 2 nitrogen and oxygen atoms in total. The zero-order chi connectivity index (χ0) is 12.4. The second-order valence-corrected chi connectivity index (χ2v) is 26.9. The summed E-state index contributed by atoms with van der Waals surface area (Å²) in [6, 6.07) is 1.16. The maximum atomic E-state index is 10.9. The third-order valence-electron chi connectivity index (χ3n) is 1.90. The van der Waals surface area contributed by atoms with E-state index >= 15 is 0 Å². The lowest BCUT2D eigenvalue weighted by atomic mass is 10.2. The maximum Gasteiger partial charge on any atom is 0.330 e. The Morgan fingerprint density at radius 3 is 2.38 bits per heavy atom. The Morgan fingerprint density at radius 2 is 1.81 bits per heavy atom. The summed E-state index contributed by atoms with van der Waals surface area (Å²) in [5.74, 6) is -0.240. The van der Waals surface area contributed by atoms with Gasteiger partial charge in [0.1, 0.15) is 0 Å². The second kappa shape index (κ2) is 9.85. The SMILES string of the molecule is CC=CC(=O)OCCCCCC[Si](Br)(Br)Br. The van der Waals surface area contributed by atoms with Crippen LogP contribution in [0.15, 0.2) is 12.2 Å². The molecule has 94 valence electrons. The quantitative estimate of drug-likeness (QED) is 0.180. The van der Waals surface area contributed by atoms with Gasteiger partial charge in [0.25, 0.3) is 3.93 Å². The highest BCUT2D eigenvalue weighted by Gasteiger charge is 2.20. The fourth-order valence-corrected chi connectivity index (χ4v) is 4.31. The second-order valence-electron chi connectivity index (χ2n) is 3.45. The van der Waals surface area contributed by atoms with Gasteiger partial charge in [0.05, 0.1) is 6.61 Å². The van der Waals surface area contributed by atoms with Gasteiger partial charge >= 0.3 is 5.97 Å². The number of carbonyl (C=O) groups excluding carboxylic acids is 1. The Kier molecular flexibility index (Phi) is 10.4. The summed E-state index contributed by atoms with van der Waals surface area (Å²) in [5, 5.41) is 0. The number of halogens is 3. The standard InChI is InChI=1S/C10H17Br3O2Si/c1-2-7-10(14)15-8-5-3-4-6-9-16(11,12)13/h2,7H,3-6,8-9H2,1H3. The van der Waals surface area contributed by atoms with Crippen molar-refractivity contribution in [2.75, 3.05) is 6.61 Å². The molecule has 0 unspecified atom stereocenters. The molecule has 0 fully saturated rings. The Hall–Kier alpha value is 0.867. The first-order valence-electron chi connectivity index (χ1n) is 5.32. The Morgan fingerprint density at radius 1 is 1.19 bits per heavy atom. The van der Waals surface area contributed by atoms with Crippen molar-refractivity contribution in [2.45, 2.75) is 38.7 Å². The van der Waals surface area contributed by atoms with E-state index in [-0.39, 0.29) is 5.97 Å². The van der Waals surface area contributed by atoms with Crippen LogP contribution >= 0.6 is 45.9 Å². The molecule has 0 rings (SSSR count). The van der Waals surface area contributed by atoms with E-state index in [4.69, 9.17) is 4.74 Å². The summed E-state index contributed by atoms with van der Waals surface area (Å²) in [6.07, 6.45) is 7.57. The van der Waals surface area contributed by atoms with Gasteiger partial charge < -0.3 is 4.74 Å². The summed E-state index contributed by atoms with van der Waals surface area (Å²) in [7, 11) is 0. The van der Waals surface area contributed by atoms with E-state index in [1.165, 1.54) is 18.9 Å². The van der Waals surface area contributed by atoms with Crippen LogP contribution in [0.2, 0.25) is 6.04 Å². The number of ether oxygens (including phenoxy) is 1. The van der Waals surface area contributed by atoms with Crippen molar-refractivity contribution in [2.24, 2.45) is 0 Å². The van der Waals surface area contributed by atoms with Crippen molar-refractivity contribution in [1.29, 1.82) is 0 Å². The summed E-state index contributed by atoms with van der Waals surface area (Å²) in [4.78, 5) is 10.9. The number of hydrogen-bond donors (Lipinski definition) is 0. The van der Waals surface area contributed by atoms with Crippen LogP contribution in [0.1, 0.15) is 32.6 Å². The van der Waals surface area contributed by atoms with Gasteiger partial charge in [0, 0.05) is 6.08 Å². The molecule has 0 N–H and O–H groups in total. The molecule has 6 heteroatoms. The minimum Gasteiger partial charge on any atom is -0.463 e. The minimum absolute atomic E-state index is 0.240. The lowest BCUT2D eigenvalue weighted by Crippen LogP contribution is -2.05. The van der Waals surface area contributed by atoms with E-state index in [1.54, 1.807) is 13.0 Å². The number of unbranched alkanes of at least 4 members (excludes halogenated alkanes) is 3. The summed E-state index contributed by atoms with van der Waals surface area (Å²) < 4.78 is 3.57. The Labute approximate surface area is 122 Å². The molecule has 0 aliphatic carbocycles. The molecule has 0 saturated carbocycles. The molecule has 0 aliphatic rings. The summed E-state index contributed by atoms with van der Waals surface area (Å²) >= 11 is 10.8. The van der Waals surface area contributed by atoms with Gasteiger partial charge in [0.2, 0.25) is 0 Å². The van der Waals surface area contributed by atoms with Crippen molar-refractivity contribution < 1.29 is 9.53 Å². The molecule has 0 amide bonds. The van der Waals surface area contributed by atoms with E-state index in [2.05, 4.69) is 45.9 Å². The van der Waals surface area contributed by atoms with Gasteiger partial charge in [-0.15, -0.1) is 0 Å². The van der Waals surface area contributed by atoms with E-state index in [1.807, 2.05) is 0 Å². The van der Waals surface area contributed by atoms with Gasteiger partial charge in [-0.05, 0) is 19.4 Å². The van der Waals surface area contributed by atoms with Gasteiger partial charge in [-0.25, -0.2) is 4.79 Å². The molecular weight excluding hydrogens is 420 g/mol. The maximum absolute atomic E-state index is 10.9. The van der Waals surface area contributed by atoms with Crippen LogP contribution in [-0.2, 0) is 9.53 Å². The van der Waals surface area contributed by atoms with Gasteiger partial charge in [-0.2, -0.15) is 0 Å². The smallest absolute Gasteiger partial charge is 0.330 e. The topological polar surface area (TPSA) is 26.3 Å². The molecule has 0 aromatic rings. The summed E-state index contributed by atoms with van der Waals surface area (Å²) in [6.45, 7) is 2.33. The fourth-order valence-electron chi connectivity index (χ4n) is 1.14. The largest absolute Gasteiger partial charge is 0.463 e. The molecule has 0 radical (unpaired) electrons. The Bertz CT molecular complexity index is 227. The average Bonchev–Trinajstić information content (AvgIpc) is 2.15. The molecule has 0 bridgehead atoms. The third-order valence-corrected chi connectivity index (χ3v) is 6.39. The highest BCUT2D eigenvalue weighted by molar-refractivity contribution is 9.72. The molecule has 0 atom stereocenters. The van der Waals surface area contributed by atoms with Crippen molar-refractivity contribution >= 4 is 55.8 Å². The monoisotopic (exact) mass is 434 g/mol. The highest BCUT2D eigenvalue weighted by Crippen LogP contribution is 2.33. The van der Waals surface area contributed by atoms with Crippen LogP contribution in [0.4, 0.5) is 0 Å². The zero-order valence-electron chi connectivity index (χ0n) is 9.35. The highest BCUT2D eigenvalue weighted by atomic mass is 80.0. The van der Waals surface area contributed by atoms with Gasteiger partial charge in [0.15, 0.2) is 0 Å². The first kappa shape index (κ1) is 16.9. The van der Waals surface area contributed by atoms with E-state index in [0.717, 1.165) is 18.9 Å². The van der Waals surface area contributed by atoms with Crippen LogP contribution in [0.5, 0.6) is 0 Å². The van der Waals surface area contributed by atoms with Crippen LogP contribution in [-0.4, -0.2) is 16.5 Å². The normalized spacial score (nSPS) is 12.0. The van der Waals surface area contributed by atoms with Gasteiger partial charge in [-0.3, -0.25) is 0 Å². The zero-order valence-corrected chi connectivity index (χ0v) is 15.1. The van der Waals surface area contributed by atoms with Gasteiger partial charge in [-0.1, -0.05) is 71.2 Å². The van der Waals surface area contributed by atoms with Crippen LogP contribution in [0.3, 0.4) is 0 Å². The molecule has 0 aromatic heterocycles. The Balaban J connectivity index is 3.25. The first-order valence-corrected chi connectivity index (χ1v) is 14.3. The van der Waals surface area contributed by atoms with Crippen LogP contribution in [0.25, 0.3) is 0 Å². The third kappa shape index (κ3) is 12.9. The van der Waals surface area contributed by atoms with Crippen LogP contribution < -0.4 is 0 Å². The molecule has 0 spiro atoms. The predicted octanol–water partition coefficient (Wildman–Crippen LogP) is 4.79. The number of hydrogen-bond acceptors (Lipinski definition) is 2. The molecule has 0 aliphatic heterocycles. The number of carbonyl (C=O) groups is 1. The molecular formula is C10H17Br3O2Si. The van der Waals surface area contributed by atoms with E-state index < -0.39 is 3.93 Å². The fraction of sp³-hybridized carbons (Fsp3) is 0.700. The predicted molar refractivity (Wildman–Crippen MR) is 81.6 cm³/mol. The van der Waals surface area contributed by atoms with Crippen molar-refractivity contribution in [3.63, 3.8) is 0 Å². The minimum atomic E-state index is -1.41. The van der Waals surface area contributed by atoms with E-state index in [9.17, 15) is 4.79 Å². The van der Waals surface area contributed by atoms with Crippen molar-refractivity contribution in [3.05, 3.63) is 12.2 Å². The van der Waals surface area contributed by atoms with E-state index in [0.29, 0.717) is 6.61 Å². The van der Waals surface area contributed by atoms with Crippen molar-refractivity contribution in [3.8, 4) is 0 Å².